The standard InChI is InChI=1S/C7H2ClF3N2O3/c8-5(14)3-4(9)2(6(10)11)1-12-7(3)13(15)16/h1,6H. The SMILES string of the molecule is O=C(Cl)c1c([N+](=O)[O-])ncc(C(F)F)c1F. The van der Waals surface area contributed by atoms with Crippen molar-refractivity contribution in [3.05, 3.63) is 33.3 Å². The number of nitrogens with zero attached hydrogens (tertiary/aromatic N) is 2. The molecule has 0 unspecified atom stereocenters. The minimum absolute atomic E-state index is 0.293. The second-order valence-electron chi connectivity index (χ2n) is 2.56. The van der Waals surface area contributed by atoms with Crippen LogP contribution in [0.15, 0.2) is 6.20 Å². The normalized spacial score (nSPS) is 10.6. The molecule has 0 bridgehead atoms. The molecule has 0 spiro atoms. The van der Waals surface area contributed by atoms with E-state index in [1.807, 2.05) is 0 Å². The molecular formula is C7H2ClF3N2O3. The predicted molar refractivity (Wildman–Crippen MR) is 46.0 cm³/mol. The van der Waals surface area contributed by atoms with Crippen molar-refractivity contribution in [2.45, 2.75) is 6.43 Å². The molecule has 0 radical (unpaired) electrons. The quantitative estimate of drug-likeness (QED) is 0.472. The van der Waals surface area contributed by atoms with Gasteiger partial charge in [-0.25, -0.2) is 13.2 Å². The van der Waals surface area contributed by atoms with Crippen molar-refractivity contribution in [1.82, 2.24) is 4.98 Å². The number of aromatic nitrogens is 1. The van der Waals surface area contributed by atoms with Gasteiger partial charge in [-0.15, -0.1) is 0 Å². The predicted octanol–water partition coefficient (Wildman–Crippen LogP) is 2.45. The molecule has 1 aromatic rings. The Morgan fingerprint density at radius 2 is 2.12 bits per heavy atom. The number of halogens is 4. The molecule has 0 saturated carbocycles. The van der Waals surface area contributed by atoms with Crippen molar-refractivity contribution < 1.29 is 22.9 Å². The van der Waals surface area contributed by atoms with Crippen LogP contribution in [0.1, 0.15) is 22.3 Å². The van der Waals surface area contributed by atoms with Gasteiger partial charge in [-0.3, -0.25) is 4.79 Å². The van der Waals surface area contributed by atoms with E-state index in [0.717, 1.165) is 0 Å². The fourth-order valence-electron chi connectivity index (χ4n) is 0.959. The van der Waals surface area contributed by atoms with Crippen molar-refractivity contribution in [3.63, 3.8) is 0 Å². The Kier molecular flexibility index (Phi) is 3.43. The largest absolute Gasteiger partial charge is 0.378 e. The third kappa shape index (κ3) is 2.11. The number of rotatable bonds is 3. The van der Waals surface area contributed by atoms with Gasteiger partial charge in [-0.05, 0) is 21.5 Å². The molecule has 0 atom stereocenters. The number of hydrogen-bond acceptors (Lipinski definition) is 4. The summed E-state index contributed by atoms with van der Waals surface area (Å²) < 4.78 is 37.7. The molecular weight excluding hydrogens is 253 g/mol. The topological polar surface area (TPSA) is 73.1 Å². The van der Waals surface area contributed by atoms with Crippen LogP contribution >= 0.6 is 11.6 Å². The Bertz CT molecular complexity index is 466. The van der Waals surface area contributed by atoms with Crippen molar-refractivity contribution in [2.75, 3.05) is 0 Å². The molecule has 0 aliphatic carbocycles. The number of carbonyl (C=O) groups is 1. The highest BCUT2D eigenvalue weighted by Crippen LogP contribution is 2.28. The lowest BCUT2D eigenvalue weighted by Gasteiger charge is -2.03. The first-order valence-corrected chi connectivity index (χ1v) is 4.04. The highest BCUT2D eigenvalue weighted by Gasteiger charge is 2.30. The molecule has 86 valence electrons. The monoisotopic (exact) mass is 254 g/mol. The molecule has 9 heteroatoms. The summed E-state index contributed by atoms with van der Waals surface area (Å²) in [4.78, 5) is 22.8. The average molecular weight is 255 g/mol. The minimum Gasteiger partial charge on any atom is -0.358 e. The number of alkyl halides is 2. The van der Waals surface area contributed by atoms with Gasteiger partial charge in [0.1, 0.15) is 0 Å². The summed E-state index contributed by atoms with van der Waals surface area (Å²) in [5.41, 5.74) is -2.47. The lowest BCUT2D eigenvalue weighted by molar-refractivity contribution is -0.390. The molecule has 0 N–H and O–H groups in total. The van der Waals surface area contributed by atoms with Crippen molar-refractivity contribution in [3.8, 4) is 0 Å². The van der Waals surface area contributed by atoms with E-state index >= 15 is 0 Å². The Balaban J connectivity index is 3.54. The van der Waals surface area contributed by atoms with E-state index in [2.05, 4.69) is 4.98 Å². The first-order chi connectivity index (χ1) is 7.36. The summed E-state index contributed by atoms with van der Waals surface area (Å²) in [7, 11) is 0. The fraction of sp³-hybridized carbons (Fsp3) is 0.143. The zero-order valence-electron chi connectivity index (χ0n) is 7.29. The van der Waals surface area contributed by atoms with E-state index in [0.29, 0.717) is 6.20 Å². The van der Waals surface area contributed by atoms with Crippen LogP contribution in [0.3, 0.4) is 0 Å². The van der Waals surface area contributed by atoms with Crippen LogP contribution in [0.4, 0.5) is 19.0 Å². The summed E-state index contributed by atoms with van der Waals surface area (Å²) in [5, 5.41) is 8.78. The molecule has 0 aliphatic rings. The van der Waals surface area contributed by atoms with Gasteiger partial charge in [0.2, 0.25) is 0 Å². The second kappa shape index (κ2) is 4.44. The van der Waals surface area contributed by atoms with E-state index in [1.54, 1.807) is 0 Å². The zero-order chi connectivity index (χ0) is 12.5. The van der Waals surface area contributed by atoms with Crippen LogP contribution in [0, 0.1) is 15.9 Å². The molecule has 1 heterocycles. The molecule has 16 heavy (non-hydrogen) atoms. The third-order valence-electron chi connectivity index (χ3n) is 1.63. The first-order valence-electron chi connectivity index (χ1n) is 3.67. The molecule has 0 fully saturated rings. The number of carbonyl (C=O) groups excluding carboxylic acids is 1. The maximum atomic E-state index is 13.3. The summed E-state index contributed by atoms with van der Waals surface area (Å²) in [6.45, 7) is 0. The Hall–Kier alpha value is -1.70. The fourth-order valence-corrected chi connectivity index (χ4v) is 1.13. The Morgan fingerprint density at radius 3 is 2.50 bits per heavy atom. The van der Waals surface area contributed by atoms with Gasteiger partial charge in [-0.2, -0.15) is 0 Å². The maximum Gasteiger partial charge on any atom is 0.378 e. The summed E-state index contributed by atoms with van der Waals surface area (Å²) >= 11 is 4.87. The van der Waals surface area contributed by atoms with Crippen molar-refractivity contribution >= 4 is 22.7 Å². The average Bonchev–Trinajstić information content (AvgIpc) is 2.15. The summed E-state index contributed by atoms with van der Waals surface area (Å²) in [6.07, 6.45) is -2.95. The summed E-state index contributed by atoms with van der Waals surface area (Å²) in [5.74, 6) is -2.92. The number of pyridine rings is 1. The van der Waals surface area contributed by atoms with Crippen LogP contribution in [0.2, 0.25) is 0 Å². The van der Waals surface area contributed by atoms with E-state index in [9.17, 15) is 28.1 Å². The van der Waals surface area contributed by atoms with Gasteiger partial charge in [0, 0.05) is 0 Å². The molecule has 1 aromatic heterocycles. The van der Waals surface area contributed by atoms with E-state index in [1.165, 1.54) is 0 Å². The Labute approximate surface area is 91.0 Å². The van der Waals surface area contributed by atoms with E-state index in [4.69, 9.17) is 11.6 Å². The molecule has 0 aromatic carbocycles. The zero-order valence-corrected chi connectivity index (χ0v) is 8.04. The minimum atomic E-state index is -3.25. The van der Waals surface area contributed by atoms with Gasteiger partial charge >= 0.3 is 5.82 Å². The molecule has 5 nitrogen and oxygen atoms in total. The molecule has 0 aliphatic heterocycles. The van der Waals surface area contributed by atoms with E-state index < -0.39 is 39.4 Å². The van der Waals surface area contributed by atoms with Gasteiger partial charge < -0.3 is 10.1 Å². The van der Waals surface area contributed by atoms with Crippen LogP contribution in [-0.4, -0.2) is 15.1 Å². The second-order valence-corrected chi connectivity index (χ2v) is 2.90. The number of hydrogen-bond donors (Lipinski definition) is 0. The summed E-state index contributed by atoms with van der Waals surface area (Å²) in [6, 6.07) is 0. The van der Waals surface area contributed by atoms with E-state index in [-0.39, 0.29) is 0 Å². The van der Waals surface area contributed by atoms with Gasteiger partial charge in [0.15, 0.2) is 17.6 Å². The van der Waals surface area contributed by atoms with Gasteiger partial charge in [-0.1, -0.05) is 0 Å². The number of nitro groups is 1. The lowest BCUT2D eigenvalue weighted by atomic mass is 10.2. The van der Waals surface area contributed by atoms with Gasteiger partial charge in [0.25, 0.3) is 11.7 Å². The van der Waals surface area contributed by atoms with Crippen LogP contribution in [-0.2, 0) is 0 Å². The Morgan fingerprint density at radius 1 is 1.56 bits per heavy atom. The van der Waals surface area contributed by atoms with Crippen LogP contribution < -0.4 is 0 Å². The molecule has 0 amide bonds. The highest BCUT2D eigenvalue weighted by molar-refractivity contribution is 6.68. The molecule has 1 rings (SSSR count). The third-order valence-corrected chi connectivity index (χ3v) is 1.82. The lowest BCUT2D eigenvalue weighted by Crippen LogP contribution is -2.07. The van der Waals surface area contributed by atoms with Crippen molar-refractivity contribution in [2.24, 2.45) is 0 Å². The maximum absolute atomic E-state index is 13.3. The first kappa shape index (κ1) is 12.4. The smallest absolute Gasteiger partial charge is 0.358 e. The van der Waals surface area contributed by atoms with Crippen LogP contribution in [0.5, 0.6) is 0 Å². The van der Waals surface area contributed by atoms with Crippen LogP contribution in [0.25, 0.3) is 0 Å². The highest BCUT2D eigenvalue weighted by atomic mass is 35.5. The van der Waals surface area contributed by atoms with Gasteiger partial charge in [0.05, 0.1) is 5.56 Å². The molecule has 0 saturated heterocycles. The van der Waals surface area contributed by atoms with Crippen molar-refractivity contribution in [1.29, 1.82) is 0 Å².